The van der Waals surface area contributed by atoms with Crippen LogP contribution in [-0.2, 0) is 0 Å². The molecule has 1 nitrogen and oxygen atoms in total. The van der Waals surface area contributed by atoms with Gasteiger partial charge in [-0.25, -0.2) is 8.78 Å². The first-order valence-electron chi connectivity index (χ1n) is 3.99. The van der Waals surface area contributed by atoms with Crippen molar-refractivity contribution in [2.45, 2.75) is 19.8 Å². The van der Waals surface area contributed by atoms with E-state index < -0.39 is 5.92 Å². The van der Waals surface area contributed by atoms with Crippen molar-refractivity contribution in [3.8, 4) is 0 Å². The molecule has 0 aliphatic carbocycles. The molecule has 0 aromatic rings. The van der Waals surface area contributed by atoms with Gasteiger partial charge in [0, 0.05) is 19.7 Å². The zero-order chi connectivity index (χ0) is 10.5. The number of allylic oxidation sites excluding steroid dienone is 4. The number of rotatable bonds is 4. The third-order valence-corrected chi connectivity index (χ3v) is 1.65. The minimum atomic E-state index is -2.77. The molecule has 0 atom stereocenters. The van der Waals surface area contributed by atoms with E-state index in [2.05, 4.69) is 11.9 Å². The first kappa shape index (κ1) is 11.9. The molecule has 0 bridgehead atoms. The van der Waals surface area contributed by atoms with E-state index in [0.717, 1.165) is 6.92 Å². The maximum atomic E-state index is 12.7. The number of alkyl halides is 2. The van der Waals surface area contributed by atoms with Crippen LogP contribution in [0.1, 0.15) is 13.8 Å². The SMILES string of the molecule is C=C/C=C(\C=C(/C)C(C)(F)F)NC. The van der Waals surface area contributed by atoms with Crippen molar-refractivity contribution in [1.29, 1.82) is 0 Å². The maximum absolute atomic E-state index is 12.7. The average Bonchev–Trinajstić information content (AvgIpc) is 2.01. The van der Waals surface area contributed by atoms with E-state index in [9.17, 15) is 8.78 Å². The molecule has 0 aromatic carbocycles. The van der Waals surface area contributed by atoms with Gasteiger partial charge in [-0.3, -0.25) is 0 Å². The summed E-state index contributed by atoms with van der Waals surface area (Å²) >= 11 is 0. The molecule has 0 fully saturated rings. The molecule has 0 aliphatic rings. The minimum absolute atomic E-state index is 0.0231. The van der Waals surface area contributed by atoms with Gasteiger partial charge in [-0.2, -0.15) is 0 Å². The van der Waals surface area contributed by atoms with Crippen molar-refractivity contribution >= 4 is 0 Å². The van der Waals surface area contributed by atoms with Gasteiger partial charge in [-0.05, 0) is 24.6 Å². The first-order chi connectivity index (χ1) is 5.91. The van der Waals surface area contributed by atoms with Gasteiger partial charge >= 0.3 is 0 Å². The molecule has 13 heavy (non-hydrogen) atoms. The predicted molar refractivity (Wildman–Crippen MR) is 51.7 cm³/mol. The fourth-order valence-corrected chi connectivity index (χ4v) is 0.691. The highest BCUT2D eigenvalue weighted by Crippen LogP contribution is 2.22. The van der Waals surface area contributed by atoms with Crippen molar-refractivity contribution in [1.82, 2.24) is 5.32 Å². The van der Waals surface area contributed by atoms with Crippen LogP contribution in [0.2, 0.25) is 0 Å². The molecule has 0 radical (unpaired) electrons. The molecular formula is C10H15F2N. The second kappa shape index (κ2) is 4.80. The third-order valence-electron chi connectivity index (χ3n) is 1.65. The molecule has 0 saturated carbocycles. The van der Waals surface area contributed by atoms with Crippen LogP contribution in [0.25, 0.3) is 0 Å². The second-order valence-electron chi connectivity index (χ2n) is 2.82. The summed E-state index contributed by atoms with van der Waals surface area (Å²) in [6.45, 7) is 5.76. The Morgan fingerprint density at radius 2 is 2.00 bits per heavy atom. The van der Waals surface area contributed by atoms with Crippen molar-refractivity contribution in [3.05, 3.63) is 36.1 Å². The standard InChI is InChI=1S/C10H15F2N/c1-5-6-9(13-4)7-8(2)10(3,11)12/h5-7,13H,1H2,2-4H3/b8-7+,9-6+. The highest BCUT2D eigenvalue weighted by atomic mass is 19.3. The highest BCUT2D eigenvalue weighted by molar-refractivity contribution is 5.26. The number of hydrogen-bond donors (Lipinski definition) is 1. The molecule has 3 heteroatoms. The lowest BCUT2D eigenvalue weighted by Crippen LogP contribution is -2.13. The van der Waals surface area contributed by atoms with Crippen molar-refractivity contribution < 1.29 is 8.78 Å². The summed E-state index contributed by atoms with van der Waals surface area (Å²) in [7, 11) is 1.67. The highest BCUT2D eigenvalue weighted by Gasteiger charge is 2.23. The van der Waals surface area contributed by atoms with Crippen LogP contribution in [-0.4, -0.2) is 13.0 Å². The lowest BCUT2D eigenvalue weighted by Gasteiger charge is -2.11. The fourth-order valence-electron chi connectivity index (χ4n) is 0.691. The lowest BCUT2D eigenvalue weighted by molar-refractivity contribution is 0.0634. The molecular weight excluding hydrogens is 172 g/mol. The van der Waals surface area contributed by atoms with Crippen LogP contribution in [0.4, 0.5) is 8.78 Å². The monoisotopic (exact) mass is 187 g/mol. The van der Waals surface area contributed by atoms with Crippen molar-refractivity contribution in [2.75, 3.05) is 7.05 Å². The Labute approximate surface area is 77.8 Å². The average molecular weight is 187 g/mol. The molecule has 1 N–H and O–H groups in total. The molecule has 0 saturated heterocycles. The van der Waals surface area contributed by atoms with Crippen LogP contribution in [0.3, 0.4) is 0 Å². The smallest absolute Gasteiger partial charge is 0.266 e. The largest absolute Gasteiger partial charge is 0.388 e. The quantitative estimate of drug-likeness (QED) is 0.667. The van der Waals surface area contributed by atoms with E-state index in [4.69, 9.17) is 0 Å². The van der Waals surface area contributed by atoms with Crippen LogP contribution in [0.5, 0.6) is 0 Å². The van der Waals surface area contributed by atoms with Crippen molar-refractivity contribution in [3.63, 3.8) is 0 Å². The predicted octanol–water partition coefficient (Wildman–Crippen LogP) is 2.88. The van der Waals surface area contributed by atoms with Gasteiger partial charge in [0.2, 0.25) is 0 Å². The topological polar surface area (TPSA) is 12.0 Å². The van der Waals surface area contributed by atoms with Gasteiger partial charge in [0.1, 0.15) is 0 Å². The molecule has 0 heterocycles. The summed E-state index contributed by atoms with van der Waals surface area (Å²) in [5.41, 5.74) is 0.643. The lowest BCUT2D eigenvalue weighted by atomic mass is 10.1. The summed E-state index contributed by atoms with van der Waals surface area (Å²) in [5, 5.41) is 2.79. The van der Waals surface area contributed by atoms with Gasteiger partial charge in [0.25, 0.3) is 5.92 Å². The Bertz CT molecular complexity index is 234. The Kier molecular flexibility index (Phi) is 4.38. The Morgan fingerprint density at radius 1 is 1.46 bits per heavy atom. The molecule has 74 valence electrons. The van der Waals surface area contributed by atoms with Crippen LogP contribution in [0.15, 0.2) is 36.1 Å². The Balaban J connectivity index is 4.71. The normalized spacial score (nSPS) is 14.2. The summed E-state index contributed by atoms with van der Waals surface area (Å²) in [5.74, 6) is -2.77. The first-order valence-corrected chi connectivity index (χ1v) is 3.99. The van der Waals surface area contributed by atoms with Gasteiger partial charge in [-0.15, -0.1) is 0 Å². The number of nitrogens with one attached hydrogen (secondary N) is 1. The molecule has 0 aliphatic heterocycles. The molecule has 0 aromatic heterocycles. The zero-order valence-electron chi connectivity index (χ0n) is 8.20. The molecule has 0 spiro atoms. The Morgan fingerprint density at radius 3 is 2.31 bits per heavy atom. The third kappa shape index (κ3) is 4.45. The van der Waals surface area contributed by atoms with Crippen molar-refractivity contribution in [2.24, 2.45) is 0 Å². The Hall–Kier alpha value is -1.12. The van der Waals surface area contributed by atoms with E-state index in [1.165, 1.54) is 13.0 Å². The van der Waals surface area contributed by atoms with Gasteiger partial charge < -0.3 is 5.32 Å². The van der Waals surface area contributed by atoms with E-state index in [1.54, 1.807) is 19.2 Å². The molecule has 0 rings (SSSR count). The molecule has 0 unspecified atom stereocenters. The van der Waals surface area contributed by atoms with Gasteiger partial charge in [-0.1, -0.05) is 12.7 Å². The second-order valence-corrected chi connectivity index (χ2v) is 2.82. The van der Waals surface area contributed by atoms with E-state index in [0.29, 0.717) is 5.70 Å². The minimum Gasteiger partial charge on any atom is -0.388 e. The van der Waals surface area contributed by atoms with E-state index in [1.807, 2.05) is 0 Å². The van der Waals surface area contributed by atoms with Crippen LogP contribution >= 0.6 is 0 Å². The van der Waals surface area contributed by atoms with E-state index >= 15 is 0 Å². The summed E-state index contributed by atoms with van der Waals surface area (Å²) in [6.07, 6.45) is 4.58. The van der Waals surface area contributed by atoms with Crippen LogP contribution in [0, 0.1) is 0 Å². The molecule has 0 amide bonds. The number of likely N-dealkylation sites (N-methyl/N-ethyl adjacent to an activating group) is 1. The van der Waals surface area contributed by atoms with Gasteiger partial charge in [0.05, 0.1) is 0 Å². The number of halogens is 2. The maximum Gasteiger partial charge on any atom is 0.266 e. The zero-order valence-corrected chi connectivity index (χ0v) is 8.20. The summed E-state index contributed by atoms with van der Waals surface area (Å²) in [6, 6.07) is 0. The summed E-state index contributed by atoms with van der Waals surface area (Å²) in [4.78, 5) is 0. The number of hydrogen-bond acceptors (Lipinski definition) is 1. The van der Waals surface area contributed by atoms with E-state index in [-0.39, 0.29) is 5.57 Å². The van der Waals surface area contributed by atoms with Gasteiger partial charge in [0.15, 0.2) is 0 Å². The fraction of sp³-hybridized carbons (Fsp3) is 0.400. The summed E-state index contributed by atoms with van der Waals surface area (Å²) < 4.78 is 25.4. The van der Waals surface area contributed by atoms with Crippen LogP contribution < -0.4 is 5.32 Å².